The molecule has 0 radical (unpaired) electrons. The van der Waals surface area contributed by atoms with Gasteiger partial charge in [0.15, 0.2) is 0 Å². The van der Waals surface area contributed by atoms with Crippen molar-refractivity contribution < 1.29 is 24.5 Å². The van der Waals surface area contributed by atoms with Gasteiger partial charge in [-0.1, -0.05) is 76.8 Å². The molecule has 0 unspecified atom stereocenters. The predicted octanol–water partition coefficient (Wildman–Crippen LogP) is 6.74. The fraction of sp³-hybridized carbons (Fsp3) is 0.719. The molecule has 37 heavy (non-hydrogen) atoms. The van der Waals surface area contributed by atoms with E-state index in [0.29, 0.717) is 18.8 Å². The Bertz CT molecular complexity index is 876. The standard InChI is InChI=1S/C32H50O5/c1-6-8-12-27(13-9-7-2)37-31(35)21-36-23(4)28-16-17-29-24(11-10-18-32(28,29)5)14-15-25-19-26(33)20-30(34)22(25)3/h14-16,23,26-27,29-30,33-34H,3,6-13,17-21H2,1-2,4-5H3/t23-,26+,29-,30-,32+/m0/s1. The smallest absolute Gasteiger partial charge is 0.332 e. The third-order valence-electron chi connectivity index (χ3n) is 8.82. The van der Waals surface area contributed by atoms with Crippen molar-refractivity contribution in [2.45, 2.75) is 129 Å². The van der Waals surface area contributed by atoms with E-state index in [4.69, 9.17) is 9.47 Å². The van der Waals surface area contributed by atoms with Crippen LogP contribution in [0.25, 0.3) is 0 Å². The molecule has 0 aromatic carbocycles. The quantitative estimate of drug-likeness (QED) is 0.223. The fourth-order valence-corrected chi connectivity index (χ4v) is 6.58. The predicted molar refractivity (Wildman–Crippen MR) is 149 cm³/mol. The molecule has 3 aliphatic carbocycles. The van der Waals surface area contributed by atoms with Crippen LogP contribution in [0.2, 0.25) is 0 Å². The zero-order valence-corrected chi connectivity index (χ0v) is 23.6. The first-order chi connectivity index (χ1) is 17.7. The highest BCUT2D eigenvalue weighted by Crippen LogP contribution is 2.55. The van der Waals surface area contributed by atoms with Crippen LogP contribution >= 0.6 is 0 Å². The highest BCUT2D eigenvalue weighted by Gasteiger charge is 2.46. The van der Waals surface area contributed by atoms with Crippen LogP contribution in [0.1, 0.15) is 105 Å². The van der Waals surface area contributed by atoms with Crippen LogP contribution in [0, 0.1) is 11.3 Å². The summed E-state index contributed by atoms with van der Waals surface area (Å²) in [6, 6.07) is 0. The average molecular weight is 515 g/mol. The number of hydrogen-bond donors (Lipinski definition) is 2. The fourth-order valence-electron chi connectivity index (χ4n) is 6.58. The van der Waals surface area contributed by atoms with E-state index in [0.717, 1.165) is 75.4 Å². The first kappa shape index (κ1) is 29.9. The minimum Gasteiger partial charge on any atom is -0.461 e. The molecule has 0 bridgehead atoms. The minimum atomic E-state index is -0.664. The number of rotatable bonds is 12. The number of aliphatic hydroxyl groups is 2. The van der Waals surface area contributed by atoms with Gasteiger partial charge in [-0.05, 0) is 79.9 Å². The second kappa shape index (κ2) is 13.9. The van der Waals surface area contributed by atoms with Gasteiger partial charge in [-0.3, -0.25) is 0 Å². The summed E-state index contributed by atoms with van der Waals surface area (Å²) in [4.78, 5) is 12.6. The Morgan fingerprint density at radius 1 is 1.22 bits per heavy atom. The molecule has 0 amide bonds. The molecular formula is C32H50O5. The molecule has 208 valence electrons. The molecule has 2 fully saturated rings. The molecule has 0 aliphatic heterocycles. The van der Waals surface area contributed by atoms with Crippen LogP contribution in [0.5, 0.6) is 0 Å². The summed E-state index contributed by atoms with van der Waals surface area (Å²) in [6.45, 7) is 12.8. The van der Waals surface area contributed by atoms with Gasteiger partial charge in [0.2, 0.25) is 0 Å². The van der Waals surface area contributed by atoms with E-state index in [1.165, 1.54) is 11.1 Å². The summed E-state index contributed by atoms with van der Waals surface area (Å²) in [7, 11) is 0. The summed E-state index contributed by atoms with van der Waals surface area (Å²) >= 11 is 0. The van der Waals surface area contributed by atoms with E-state index in [-0.39, 0.29) is 30.2 Å². The number of allylic oxidation sites excluding steroid dienone is 4. The van der Waals surface area contributed by atoms with Gasteiger partial charge in [-0.2, -0.15) is 0 Å². The van der Waals surface area contributed by atoms with Gasteiger partial charge in [0.05, 0.1) is 18.3 Å². The minimum absolute atomic E-state index is 0.00142. The maximum absolute atomic E-state index is 12.6. The van der Waals surface area contributed by atoms with Crippen LogP contribution in [0.3, 0.4) is 0 Å². The Hall–Kier alpha value is -1.69. The van der Waals surface area contributed by atoms with Gasteiger partial charge >= 0.3 is 5.97 Å². The van der Waals surface area contributed by atoms with Crippen molar-refractivity contribution in [3.8, 4) is 0 Å². The van der Waals surface area contributed by atoms with Crippen LogP contribution in [-0.2, 0) is 14.3 Å². The molecule has 0 aromatic heterocycles. The van der Waals surface area contributed by atoms with Crippen molar-refractivity contribution in [3.05, 3.63) is 47.1 Å². The monoisotopic (exact) mass is 514 g/mol. The largest absolute Gasteiger partial charge is 0.461 e. The van der Waals surface area contributed by atoms with E-state index in [1.54, 1.807) is 0 Å². The van der Waals surface area contributed by atoms with E-state index < -0.39 is 12.2 Å². The normalized spacial score (nSPS) is 31.1. The zero-order valence-electron chi connectivity index (χ0n) is 23.6. The Kier molecular flexibility index (Phi) is 11.2. The Morgan fingerprint density at radius 2 is 1.92 bits per heavy atom. The first-order valence-corrected chi connectivity index (χ1v) is 14.7. The van der Waals surface area contributed by atoms with Crippen molar-refractivity contribution in [2.24, 2.45) is 11.3 Å². The number of carbonyl (C=O) groups excluding carboxylic acids is 1. The summed E-state index contributed by atoms with van der Waals surface area (Å²) in [5, 5.41) is 20.3. The van der Waals surface area contributed by atoms with Crippen LogP contribution in [-0.4, -0.2) is 47.2 Å². The number of unbranched alkanes of at least 4 members (excludes halogenated alkanes) is 2. The maximum atomic E-state index is 12.6. The van der Waals surface area contributed by atoms with Crippen molar-refractivity contribution in [3.63, 3.8) is 0 Å². The van der Waals surface area contributed by atoms with Gasteiger partial charge in [0.25, 0.3) is 0 Å². The summed E-state index contributed by atoms with van der Waals surface area (Å²) in [5.74, 6) is 0.155. The molecule has 0 heterocycles. The lowest BCUT2D eigenvalue weighted by molar-refractivity contribution is -0.156. The van der Waals surface area contributed by atoms with Crippen LogP contribution in [0.4, 0.5) is 0 Å². The Labute approximate surface area is 224 Å². The molecular weight excluding hydrogens is 464 g/mol. The molecule has 3 rings (SSSR count). The number of esters is 1. The molecule has 5 atom stereocenters. The number of ether oxygens (including phenoxy) is 2. The topological polar surface area (TPSA) is 76.0 Å². The Balaban J connectivity index is 1.60. The van der Waals surface area contributed by atoms with E-state index in [2.05, 4.69) is 52.5 Å². The maximum Gasteiger partial charge on any atom is 0.332 e. The third-order valence-corrected chi connectivity index (χ3v) is 8.82. The molecule has 5 nitrogen and oxygen atoms in total. The van der Waals surface area contributed by atoms with Gasteiger partial charge < -0.3 is 19.7 Å². The summed E-state index contributed by atoms with van der Waals surface area (Å²) < 4.78 is 11.9. The molecule has 5 heteroatoms. The highest BCUT2D eigenvalue weighted by molar-refractivity contribution is 5.71. The highest BCUT2D eigenvalue weighted by atomic mass is 16.6. The van der Waals surface area contributed by atoms with Crippen molar-refractivity contribution in [2.75, 3.05) is 6.61 Å². The number of aliphatic hydroxyl groups excluding tert-OH is 2. The first-order valence-electron chi connectivity index (χ1n) is 14.7. The molecule has 3 aliphatic rings. The van der Waals surface area contributed by atoms with E-state index in [1.807, 2.05) is 0 Å². The number of fused-ring (bicyclic) bond motifs is 1. The van der Waals surface area contributed by atoms with Crippen molar-refractivity contribution >= 4 is 5.97 Å². The lowest BCUT2D eigenvalue weighted by atomic mass is 9.63. The van der Waals surface area contributed by atoms with E-state index in [9.17, 15) is 15.0 Å². The lowest BCUT2D eigenvalue weighted by Gasteiger charge is -2.42. The second-order valence-electron chi connectivity index (χ2n) is 11.6. The number of hydrogen-bond acceptors (Lipinski definition) is 5. The molecule has 0 aromatic rings. The number of carbonyl (C=O) groups is 1. The SMILES string of the molecule is C=C1C(=CC=C2CCC[C@]3(C)C([C@H](C)OCC(=O)OC(CCCC)CCCC)=CC[C@@H]23)C[C@@H](O)C[C@@H]1O. The van der Waals surface area contributed by atoms with Gasteiger partial charge in [-0.25, -0.2) is 4.79 Å². The van der Waals surface area contributed by atoms with Gasteiger partial charge in [-0.15, -0.1) is 0 Å². The zero-order chi connectivity index (χ0) is 27.0. The molecule has 2 N–H and O–H groups in total. The molecule has 0 saturated heterocycles. The van der Waals surface area contributed by atoms with Gasteiger partial charge in [0, 0.05) is 6.42 Å². The summed E-state index contributed by atoms with van der Waals surface area (Å²) in [6.07, 6.45) is 16.7. The van der Waals surface area contributed by atoms with Crippen molar-refractivity contribution in [1.82, 2.24) is 0 Å². The van der Waals surface area contributed by atoms with Crippen LogP contribution < -0.4 is 0 Å². The third kappa shape index (κ3) is 7.68. The van der Waals surface area contributed by atoms with Gasteiger partial charge in [0.1, 0.15) is 12.7 Å². The second-order valence-corrected chi connectivity index (χ2v) is 11.6. The van der Waals surface area contributed by atoms with Crippen molar-refractivity contribution in [1.29, 1.82) is 0 Å². The molecule has 2 saturated carbocycles. The summed E-state index contributed by atoms with van der Waals surface area (Å²) in [5.41, 5.74) is 4.40. The van der Waals surface area contributed by atoms with Crippen LogP contribution in [0.15, 0.2) is 47.1 Å². The lowest BCUT2D eigenvalue weighted by Crippen LogP contribution is -2.35. The van der Waals surface area contributed by atoms with E-state index >= 15 is 0 Å². The molecule has 0 spiro atoms. The Morgan fingerprint density at radius 3 is 2.59 bits per heavy atom. The average Bonchev–Trinajstić information content (AvgIpc) is 3.23.